The fourth-order valence-corrected chi connectivity index (χ4v) is 7.18. The predicted molar refractivity (Wildman–Crippen MR) is 85.3 cm³/mol. The Morgan fingerprint density at radius 2 is 1.81 bits per heavy atom. The third kappa shape index (κ3) is 2.42. The maximum atomic E-state index is 12.9. The Labute approximate surface area is 132 Å². The number of carbonyl (C=O) groups is 1. The van der Waals surface area contributed by atoms with Crippen molar-refractivity contribution < 1.29 is 9.53 Å². The molecule has 5 rings (SSSR count). The van der Waals surface area contributed by atoms with E-state index in [9.17, 15) is 4.79 Å². The third-order valence-electron chi connectivity index (χ3n) is 6.59. The highest BCUT2D eigenvalue weighted by molar-refractivity contribution is 7.99. The highest BCUT2D eigenvalue weighted by atomic mass is 32.2. The number of amides is 1. The molecule has 0 spiro atoms. The number of carbonyl (C=O) groups excluding carboxylic acids is 1. The minimum Gasteiger partial charge on any atom is -0.376 e. The molecule has 4 saturated carbocycles. The zero-order valence-corrected chi connectivity index (χ0v) is 13.8. The van der Waals surface area contributed by atoms with Crippen molar-refractivity contribution in [1.29, 1.82) is 0 Å². The predicted octanol–water partition coefficient (Wildman–Crippen LogP) is 2.84. The normalized spacial score (nSPS) is 47.8. The van der Waals surface area contributed by atoms with Gasteiger partial charge < -0.3 is 10.1 Å². The van der Waals surface area contributed by atoms with E-state index in [0.717, 1.165) is 54.9 Å². The van der Waals surface area contributed by atoms with Gasteiger partial charge in [0, 0.05) is 24.8 Å². The van der Waals surface area contributed by atoms with Crippen molar-refractivity contribution in [2.75, 3.05) is 25.2 Å². The number of thioether (sulfide) groups is 1. The van der Waals surface area contributed by atoms with Gasteiger partial charge in [-0.15, -0.1) is 0 Å². The van der Waals surface area contributed by atoms with Gasteiger partial charge in [-0.05, 0) is 68.5 Å². The quantitative estimate of drug-likeness (QED) is 0.868. The number of methoxy groups -OCH3 is 1. The number of rotatable bonds is 4. The van der Waals surface area contributed by atoms with Gasteiger partial charge in [-0.3, -0.25) is 4.79 Å². The van der Waals surface area contributed by atoms with Crippen molar-refractivity contribution in [2.45, 2.75) is 50.5 Å². The molecule has 0 unspecified atom stereocenters. The maximum absolute atomic E-state index is 12.9. The van der Waals surface area contributed by atoms with Crippen LogP contribution in [0.5, 0.6) is 0 Å². The topological polar surface area (TPSA) is 38.3 Å². The van der Waals surface area contributed by atoms with E-state index in [0.29, 0.717) is 12.5 Å². The van der Waals surface area contributed by atoms with Crippen LogP contribution in [-0.4, -0.2) is 36.7 Å². The van der Waals surface area contributed by atoms with Gasteiger partial charge in [0.2, 0.25) is 5.91 Å². The molecule has 118 valence electrons. The van der Waals surface area contributed by atoms with E-state index >= 15 is 0 Å². The van der Waals surface area contributed by atoms with Crippen molar-refractivity contribution >= 4 is 17.7 Å². The lowest BCUT2D eigenvalue weighted by molar-refractivity contribution is -0.147. The Morgan fingerprint density at radius 1 is 1.19 bits per heavy atom. The number of ether oxygens (including phenoxy) is 1. The van der Waals surface area contributed by atoms with Gasteiger partial charge >= 0.3 is 0 Å². The van der Waals surface area contributed by atoms with Crippen LogP contribution in [0.15, 0.2) is 0 Å². The van der Waals surface area contributed by atoms with Crippen LogP contribution in [0, 0.1) is 23.2 Å². The van der Waals surface area contributed by atoms with E-state index in [1.165, 1.54) is 19.3 Å². The van der Waals surface area contributed by atoms with Crippen LogP contribution in [0.25, 0.3) is 0 Å². The minimum atomic E-state index is -0.109. The van der Waals surface area contributed by atoms with Crippen molar-refractivity contribution in [2.24, 2.45) is 23.2 Å². The summed E-state index contributed by atoms with van der Waals surface area (Å²) in [5.74, 6) is 5.02. The van der Waals surface area contributed by atoms with Crippen molar-refractivity contribution in [3.05, 3.63) is 0 Å². The largest absolute Gasteiger partial charge is 0.376 e. The second kappa shape index (κ2) is 5.16. The molecule has 1 atom stereocenters. The first-order chi connectivity index (χ1) is 10.1. The van der Waals surface area contributed by atoms with E-state index in [2.05, 4.69) is 5.32 Å². The lowest BCUT2D eigenvalue weighted by Crippen LogP contribution is -2.56. The highest BCUT2D eigenvalue weighted by Gasteiger charge is 2.54. The van der Waals surface area contributed by atoms with E-state index < -0.39 is 0 Å². The lowest BCUT2D eigenvalue weighted by atomic mass is 9.49. The SMILES string of the molecule is CO[C@@]1(CNC(=O)C23CC4CC(CC(C4)C2)C3)CCSC1. The van der Waals surface area contributed by atoms with Gasteiger partial charge in [-0.25, -0.2) is 0 Å². The summed E-state index contributed by atoms with van der Waals surface area (Å²) in [4.78, 5) is 12.9. The summed E-state index contributed by atoms with van der Waals surface area (Å²) < 4.78 is 5.73. The van der Waals surface area contributed by atoms with Crippen LogP contribution in [0.3, 0.4) is 0 Å². The molecule has 0 aromatic carbocycles. The Kier molecular flexibility index (Phi) is 3.53. The summed E-state index contributed by atoms with van der Waals surface area (Å²) in [6.07, 6.45) is 8.70. The smallest absolute Gasteiger partial charge is 0.226 e. The summed E-state index contributed by atoms with van der Waals surface area (Å²) >= 11 is 1.94. The molecular formula is C17H27NO2S. The van der Waals surface area contributed by atoms with Gasteiger partial charge in [-0.1, -0.05) is 0 Å². The van der Waals surface area contributed by atoms with Crippen molar-refractivity contribution in [1.82, 2.24) is 5.32 Å². The number of hydrogen-bond acceptors (Lipinski definition) is 3. The first-order valence-electron chi connectivity index (χ1n) is 8.54. The Morgan fingerprint density at radius 3 is 2.29 bits per heavy atom. The average Bonchev–Trinajstić information content (AvgIpc) is 2.93. The molecule has 4 aliphatic carbocycles. The maximum Gasteiger partial charge on any atom is 0.226 e. The second-order valence-corrected chi connectivity index (χ2v) is 9.18. The molecule has 4 bridgehead atoms. The molecule has 5 fully saturated rings. The molecule has 0 radical (unpaired) electrons. The third-order valence-corrected chi connectivity index (χ3v) is 7.81. The van der Waals surface area contributed by atoms with Gasteiger partial charge in [0.1, 0.15) is 0 Å². The zero-order valence-electron chi connectivity index (χ0n) is 13.0. The molecule has 1 N–H and O–H groups in total. The number of nitrogens with one attached hydrogen (secondary N) is 1. The molecular weight excluding hydrogens is 282 g/mol. The fourth-order valence-electron chi connectivity index (χ4n) is 5.78. The average molecular weight is 309 g/mol. The molecule has 1 saturated heterocycles. The van der Waals surface area contributed by atoms with Crippen LogP contribution >= 0.6 is 11.8 Å². The summed E-state index contributed by atoms with van der Waals surface area (Å²) in [5, 5.41) is 3.30. The summed E-state index contributed by atoms with van der Waals surface area (Å²) in [5.41, 5.74) is -0.127. The van der Waals surface area contributed by atoms with Crippen molar-refractivity contribution in [3.8, 4) is 0 Å². The monoisotopic (exact) mass is 309 g/mol. The van der Waals surface area contributed by atoms with E-state index in [-0.39, 0.29) is 11.0 Å². The molecule has 3 nitrogen and oxygen atoms in total. The molecule has 5 aliphatic rings. The Hall–Kier alpha value is -0.220. The van der Waals surface area contributed by atoms with Gasteiger partial charge in [0.05, 0.1) is 5.60 Å². The zero-order chi connectivity index (χ0) is 14.5. The van der Waals surface area contributed by atoms with Gasteiger partial charge in [0.15, 0.2) is 0 Å². The molecule has 0 aromatic heterocycles. The molecule has 1 heterocycles. The molecule has 0 aromatic rings. The van der Waals surface area contributed by atoms with Gasteiger partial charge in [-0.2, -0.15) is 11.8 Å². The van der Waals surface area contributed by atoms with Gasteiger partial charge in [0.25, 0.3) is 0 Å². The summed E-state index contributed by atoms with van der Waals surface area (Å²) in [7, 11) is 1.79. The molecule has 1 aliphatic heterocycles. The molecule has 21 heavy (non-hydrogen) atoms. The number of hydrogen-bond donors (Lipinski definition) is 1. The first kappa shape index (κ1) is 14.4. The highest BCUT2D eigenvalue weighted by Crippen LogP contribution is 2.60. The van der Waals surface area contributed by atoms with Crippen LogP contribution < -0.4 is 5.32 Å². The van der Waals surface area contributed by atoms with Crippen LogP contribution in [0.4, 0.5) is 0 Å². The van der Waals surface area contributed by atoms with E-state index in [1.54, 1.807) is 7.11 Å². The molecule has 1 amide bonds. The van der Waals surface area contributed by atoms with Crippen molar-refractivity contribution in [3.63, 3.8) is 0 Å². The molecule has 4 heteroatoms. The van der Waals surface area contributed by atoms with Crippen LogP contribution in [-0.2, 0) is 9.53 Å². The van der Waals surface area contributed by atoms with E-state index in [4.69, 9.17) is 4.74 Å². The summed E-state index contributed by atoms with van der Waals surface area (Å²) in [6.45, 7) is 0.705. The standard InChI is InChI=1S/C17H27NO2S/c1-20-17(2-3-21-11-17)10-18-15(19)16-7-12-4-13(8-16)6-14(5-12)9-16/h12-14H,2-11H2,1H3,(H,18,19)/t12?,13?,14?,16?,17-/m1/s1. The summed E-state index contributed by atoms with van der Waals surface area (Å²) in [6, 6.07) is 0. The van der Waals surface area contributed by atoms with Crippen LogP contribution in [0.1, 0.15) is 44.9 Å². The van der Waals surface area contributed by atoms with E-state index in [1.807, 2.05) is 11.8 Å². The second-order valence-electron chi connectivity index (χ2n) is 8.07. The fraction of sp³-hybridized carbons (Fsp3) is 0.941. The first-order valence-corrected chi connectivity index (χ1v) is 9.70. The Balaban J connectivity index is 1.43. The lowest BCUT2D eigenvalue weighted by Gasteiger charge is -2.55. The Bertz CT molecular complexity index is 395. The van der Waals surface area contributed by atoms with Crippen LogP contribution in [0.2, 0.25) is 0 Å². The minimum absolute atomic E-state index is 0.0184.